The lowest BCUT2D eigenvalue weighted by Gasteiger charge is -2.03. The normalized spacial score (nSPS) is 12.6. The van der Waals surface area contributed by atoms with E-state index in [-0.39, 0.29) is 5.56 Å². The average Bonchev–Trinajstić information content (AvgIpc) is 2.08. The van der Waals surface area contributed by atoms with Crippen LogP contribution >= 0.6 is 0 Å². The molecule has 0 aliphatic carbocycles. The second-order valence-electron chi connectivity index (χ2n) is 3.20. The van der Waals surface area contributed by atoms with E-state index in [1.807, 2.05) is 0 Å². The number of thiol groups is 1. The Morgan fingerprint density at radius 3 is 2.86 bits per heavy atom. The van der Waals surface area contributed by atoms with Gasteiger partial charge in [0.2, 0.25) is 0 Å². The van der Waals surface area contributed by atoms with Gasteiger partial charge in [-0.25, -0.2) is 0 Å². The Kier molecular flexibility index (Phi) is 3.88. The number of anilines is 1. The first-order valence-electron chi connectivity index (χ1n) is 4.44. The lowest BCUT2D eigenvalue weighted by molar-refractivity contribution is 0.592. The Bertz CT molecular complexity index is 387. The molecule has 0 radical (unpaired) electrons. The zero-order chi connectivity index (χ0) is 10.6. The van der Waals surface area contributed by atoms with Crippen LogP contribution in [0.5, 0.6) is 0 Å². The zero-order valence-corrected chi connectivity index (χ0v) is 9.04. The second kappa shape index (κ2) is 4.95. The summed E-state index contributed by atoms with van der Waals surface area (Å²) in [5.74, 6) is 0.659. The van der Waals surface area contributed by atoms with Crippen LogP contribution in [0.2, 0.25) is 0 Å². The number of aryl methyl sites for hydroxylation is 1. The summed E-state index contributed by atoms with van der Waals surface area (Å²) in [5.41, 5.74) is 5.82. The van der Waals surface area contributed by atoms with Crippen molar-refractivity contribution in [3.05, 3.63) is 28.7 Å². The van der Waals surface area contributed by atoms with Crippen LogP contribution in [0, 0.1) is 0 Å². The van der Waals surface area contributed by atoms with Crippen LogP contribution in [0.25, 0.3) is 0 Å². The smallest absolute Gasteiger partial charge is 0.252 e. The lowest BCUT2D eigenvalue weighted by atomic mass is 10.4. The van der Waals surface area contributed by atoms with Crippen molar-refractivity contribution in [3.8, 4) is 0 Å². The summed E-state index contributed by atoms with van der Waals surface area (Å²) >= 11 is 0. The van der Waals surface area contributed by atoms with Crippen molar-refractivity contribution in [2.24, 2.45) is 0 Å². The molecule has 0 aliphatic rings. The summed E-state index contributed by atoms with van der Waals surface area (Å²) in [6, 6.07) is 3.08. The third-order valence-corrected chi connectivity index (χ3v) is 2.84. The van der Waals surface area contributed by atoms with Gasteiger partial charge in [0.1, 0.15) is 5.75 Å². The highest BCUT2D eigenvalue weighted by atomic mass is 32.2. The third-order valence-electron chi connectivity index (χ3n) is 1.89. The van der Waals surface area contributed by atoms with Crippen molar-refractivity contribution >= 4 is 16.5 Å². The summed E-state index contributed by atoms with van der Waals surface area (Å²) in [5, 5.41) is 0. The maximum Gasteiger partial charge on any atom is 0.252 e. The number of aromatic nitrogens is 1. The molecule has 0 aromatic carbocycles. The third kappa shape index (κ3) is 3.33. The van der Waals surface area contributed by atoms with Crippen molar-refractivity contribution < 1.29 is 4.21 Å². The van der Waals surface area contributed by atoms with Gasteiger partial charge in [0.15, 0.2) is 0 Å². The van der Waals surface area contributed by atoms with Crippen LogP contribution in [0.1, 0.15) is 6.42 Å². The van der Waals surface area contributed by atoms with E-state index in [0.717, 1.165) is 6.42 Å². The van der Waals surface area contributed by atoms with E-state index in [1.54, 1.807) is 23.1 Å². The molecule has 1 rings (SSSR count). The minimum Gasteiger partial charge on any atom is -0.399 e. The van der Waals surface area contributed by atoms with Crippen LogP contribution in [-0.2, 0) is 21.6 Å². The predicted octanol–water partition coefficient (Wildman–Crippen LogP) is 0.146. The molecule has 1 aromatic rings. The topological polar surface area (TPSA) is 65.1 Å². The molecule has 1 unspecified atom stereocenters. The highest BCUT2D eigenvalue weighted by molar-refractivity contribution is 7.84. The quantitative estimate of drug-likeness (QED) is 0.574. The van der Waals surface area contributed by atoms with Gasteiger partial charge in [-0.05, 0) is 6.07 Å². The van der Waals surface area contributed by atoms with Crippen LogP contribution in [-0.4, -0.2) is 16.6 Å². The highest BCUT2D eigenvalue weighted by Gasteiger charge is 1.99. The van der Waals surface area contributed by atoms with Gasteiger partial charge in [0.25, 0.3) is 5.56 Å². The largest absolute Gasteiger partial charge is 0.399 e. The van der Waals surface area contributed by atoms with Crippen molar-refractivity contribution in [2.45, 2.75) is 13.0 Å². The number of pyridine rings is 1. The van der Waals surface area contributed by atoms with Crippen LogP contribution in [0.4, 0.5) is 5.69 Å². The molecule has 78 valence electrons. The summed E-state index contributed by atoms with van der Waals surface area (Å²) in [6.07, 6.45) is 4.12. The Balaban J connectivity index is 2.59. The molecular formula is C9H15N2O2S+. The van der Waals surface area contributed by atoms with Crippen molar-refractivity contribution in [1.29, 1.82) is 0 Å². The number of hydrogen-bond acceptors (Lipinski definition) is 3. The van der Waals surface area contributed by atoms with Crippen molar-refractivity contribution in [3.63, 3.8) is 0 Å². The Hall–Kier alpha value is -1.10. The van der Waals surface area contributed by atoms with E-state index >= 15 is 0 Å². The minimum absolute atomic E-state index is 0.101. The number of nitrogens with two attached hydrogens (primary N) is 1. The maximum atomic E-state index is 11.3. The molecule has 5 heteroatoms. The van der Waals surface area contributed by atoms with Crippen LogP contribution in [0.3, 0.4) is 0 Å². The van der Waals surface area contributed by atoms with Gasteiger partial charge in [-0.1, -0.05) is 0 Å². The Morgan fingerprint density at radius 1 is 1.57 bits per heavy atom. The lowest BCUT2D eigenvalue weighted by Crippen LogP contribution is -2.19. The monoisotopic (exact) mass is 215 g/mol. The maximum absolute atomic E-state index is 11.3. The number of nitrogen functional groups attached to an aromatic ring is 1. The van der Waals surface area contributed by atoms with E-state index in [4.69, 9.17) is 5.73 Å². The molecule has 1 heterocycles. The summed E-state index contributed by atoms with van der Waals surface area (Å²) in [6.45, 7) is 0.605. The minimum atomic E-state index is -1.10. The zero-order valence-electron chi connectivity index (χ0n) is 8.14. The molecule has 0 fully saturated rings. The SMILES string of the molecule is C[SH+](=O)CCCn1ccc(N)cc1=O. The standard InChI is InChI=1S/C9H14N2O2S/c1-14(13)6-2-4-11-5-3-8(10)7-9(11)12/h3,5,7H,2,4,6,10H2,1H3/p+1. The molecule has 0 amide bonds. The van der Waals surface area contributed by atoms with Crippen molar-refractivity contribution in [1.82, 2.24) is 4.57 Å². The first-order chi connectivity index (χ1) is 6.59. The first kappa shape index (κ1) is 11.0. The van der Waals surface area contributed by atoms with Crippen LogP contribution in [0.15, 0.2) is 23.1 Å². The van der Waals surface area contributed by atoms with Gasteiger partial charge in [-0.2, -0.15) is 0 Å². The molecule has 1 atom stereocenters. The van der Waals surface area contributed by atoms with E-state index in [9.17, 15) is 9.00 Å². The van der Waals surface area contributed by atoms with E-state index in [0.29, 0.717) is 18.0 Å². The van der Waals surface area contributed by atoms with Gasteiger partial charge in [0.05, 0.1) is 17.1 Å². The van der Waals surface area contributed by atoms with Gasteiger partial charge in [0, 0.05) is 30.9 Å². The van der Waals surface area contributed by atoms with Crippen molar-refractivity contribution in [2.75, 3.05) is 17.7 Å². The van der Waals surface area contributed by atoms with Gasteiger partial charge < -0.3 is 10.3 Å². The Labute approximate surface area is 85.2 Å². The average molecular weight is 215 g/mol. The van der Waals surface area contributed by atoms with E-state index < -0.39 is 10.8 Å². The molecule has 0 bridgehead atoms. The highest BCUT2D eigenvalue weighted by Crippen LogP contribution is 1.96. The van der Waals surface area contributed by atoms with Gasteiger partial charge >= 0.3 is 0 Å². The molecule has 0 saturated carbocycles. The molecule has 1 aromatic heterocycles. The first-order valence-corrected chi connectivity index (χ1v) is 6.33. The van der Waals surface area contributed by atoms with E-state index in [1.165, 1.54) is 6.07 Å². The van der Waals surface area contributed by atoms with E-state index in [2.05, 4.69) is 0 Å². The fourth-order valence-corrected chi connectivity index (χ4v) is 1.76. The Morgan fingerprint density at radius 2 is 2.29 bits per heavy atom. The summed E-state index contributed by atoms with van der Waals surface area (Å²) < 4.78 is 12.4. The molecule has 0 saturated heterocycles. The summed E-state index contributed by atoms with van der Waals surface area (Å²) in [4.78, 5) is 11.3. The fourth-order valence-electron chi connectivity index (χ4n) is 1.17. The van der Waals surface area contributed by atoms with Gasteiger partial charge in [-0.15, -0.1) is 4.21 Å². The molecule has 0 aliphatic heterocycles. The second-order valence-corrected chi connectivity index (χ2v) is 4.90. The number of nitrogens with zero attached hydrogens (tertiary/aromatic N) is 1. The molecule has 4 nitrogen and oxygen atoms in total. The number of hydrogen-bond donors (Lipinski definition) is 1. The summed E-state index contributed by atoms with van der Waals surface area (Å²) in [7, 11) is -1.10. The fraction of sp³-hybridized carbons (Fsp3) is 0.444. The molecule has 14 heavy (non-hydrogen) atoms. The molecular weight excluding hydrogens is 200 g/mol. The molecule has 2 N–H and O–H groups in total. The van der Waals surface area contributed by atoms with Crippen LogP contribution < -0.4 is 11.3 Å². The van der Waals surface area contributed by atoms with Gasteiger partial charge in [-0.3, -0.25) is 4.79 Å². The molecule has 0 spiro atoms. The number of rotatable bonds is 4. The predicted molar refractivity (Wildman–Crippen MR) is 60.0 cm³/mol.